The van der Waals surface area contributed by atoms with Gasteiger partial charge in [0.1, 0.15) is 0 Å². The van der Waals surface area contributed by atoms with Crippen LogP contribution in [-0.4, -0.2) is 30.9 Å². The third-order valence-electron chi connectivity index (χ3n) is 4.73. The predicted octanol–water partition coefficient (Wildman–Crippen LogP) is 3.48. The molecule has 0 saturated carbocycles. The monoisotopic (exact) mass is 447 g/mol. The summed E-state index contributed by atoms with van der Waals surface area (Å²) < 4.78 is 10.8. The maximum Gasteiger partial charge on any atom is 0.279 e. The van der Waals surface area contributed by atoms with Gasteiger partial charge < -0.3 is 14.8 Å². The van der Waals surface area contributed by atoms with Crippen LogP contribution in [0.3, 0.4) is 0 Å². The fourth-order valence-corrected chi connectivity index (χ4v) is 2.95. The van der Waals surface area contributed by atoms with E-state index in [0.717, 1.165) is 5.56 Å². The van der Waals surface area contributed by atoms with Crippen LogP contribution in [0.4, 0.5) is 5.69 Å². The standard InChI is InChI=1S/C25H25N3O5/c1-16-7-6-8-19(15-16)24(30)26-20-13-11-18(12-14-20)25(31)28-27-23(29)17(2)33-22-10-5-4-9-21(22)32-3/h4-15,17H,1-3H3,(H,26,30)(H,27,29)(H,28,31). The van der Waals surface area contributed by atoms with Gasteiger partial charge in [-0.05, 0) is 62.4 Å². The molecule has 3 aromatic carbocycles. The smallest absolute Gasteiger partial charge is 0.279 e. The zero-order chi connectivity index (χ0) is 23.8. The molecule has 3 N–H and O–H groups in total. The SMILES string of the molecule is COc1ccccc1OC(C)C(=O)NNC(=O)c1ccc(NC(=O)c2cccc(C)c2)cc1. The number of hydrazine groups is 1. The summed E-state index contributed by atoms with van der Waals surface area (Å²) >= 11 is 0. The van der Waals surface area contributed by atoms with Crippen LogP contribution in [0, 0.1) is 6.92 Å². The summed E-state index contributed by atoms with van der Waals surface area (Å²) in [4.78, 5) is 37.0. The number of hydrogen-bond donors (Lipinski definition) is 3. The van der Waals surface area contributed by atoms with Crippen LogP contribution in [0.25, 0.3) is 0 Å². The molecule has 0 heterocycles. The molecule has 0 aromatic heterocycles. The van der Waals surface area contributed by atoms with Crippen LogP contribution in [0.2, 0.25) is 0 Å². The molecule has 0 fully saturated rings. The molecule has 1 unspecified atom stereocenters. The van der Waals surface area contributed by atoms with Crippen molar-refractivity contribution in [2.75, 3.05) is 12.4 Å². The Balaban J connectivity index is 1.52. The summed E-state index contributed by atoms with van der Waals surface area (Å²) in [5.41, 5.74) is 7.07. The highest BCUT2D eigenvalue weighted by molar-refractivity contribution is 6.04. The first-order chi connectivity index (χ1) is 15.9. The van der Waals surface area contributed by atoms with Crippen molar-refractivity contribution in [2.45, 2.75) is 20.0 Å². The highest BCUT2D eigenvalue weighted by atomic mass is 16.5. The van der Waals surface area contributed by atoms with E-state index in [2.05, 4.69) is 16.2 Å². The van der Waals surface area contributed by atoms with Gasteiger partial charge in [0.15, 0.2) is 17.6 Å². The molecule has 0 aliphatic rings. The molecule has 0 aliphatic carbocycles. The van der Waals surface area contributed by atoms with Crippen molar-refractivity contribution in [1.82, 2.24) is 10.9 Å². The quantitative estimate of drug-likeness (QED) is 0.481. The van der Waals surface area contributed by atoms with Crippen LogP contribution in [0.5, 0.6) is 11.5 Å². The number of carbonyl (C=O) groups is 3. The van der Waals surface area contributed by atoms with Gasteiger partial charge in [0.25, 0.3) is 17.7 Å². The van der Waals surface area contributed by atoms with E-state index in [1.807, 2.05) is 19.1 Å². The number of benzene rings is 3. The zero-order valence-corrected chi connectivity index (χ0v) is 18.5. The molecular weight excluding hydrogens is 422 g/mol. The maximum absolute atomic E-state index is 12.3. The number of amides is 3. The Morgan fingerprint density at radius 3 is 2.15 bits per heavy atom. The number of ether oxygens (including phenoxy) is 2. The molecule has 0 spiro atoms. The minimum Gasteiger partial charge on any atom is -0.493 e. The van der Waals surface area contributed by atoms with Gasteiger partial charge in [-0.2, -0.15) is 0 Å². The molecule has 0 radical (unpaired) electrons. The number of methoxy groups -OCH3 is 1. The first-order valence-electron chi connectivity index (χ1n) is 10.3. The predicted molar refractivity (Wildman–Crippen MR) is 124 cm³/mol. The van der Waals surface area contributed by atoms with Crippen molar-refractivity contribution in [2.24, 2.45) is 0 Å². The van der Waals surface area contributed by atoms with Gasteiger partial charge in [-0.15, -0.1) is 0 Å². The number of carbonyl (C=O) groups excluding carboxylic acids is 3. The van der Waals surface area contributed by atoms with E-state index in [-0.39, 0.29) is 5.91 Å². The molecule has 3 rings (SSSR count). The van der Waals surface area contributed by atoms with Crippen LogP contribution in [0.15, 0.2) is 72.8 Å². The number of para-hydroxylation sites is 2. The lowest BCUT2D eigenvalue weighted by molar-refractivity contribution is -0.128. The fraction of sp³-hybridized carbons (Fsp3) is 0.160. The van der Waals surface area contributed by atoms with Gasteiger partial charge in [-0.3, -0.25) is 25.2 Å². The van der Waals surface area contributed by atoms with Gasteiger partial charge >= 0.3 is 0 Å². The van der Waals surface area contributed by atoms with Crippen LogP contribution in [0.1, 0.15) is 33.2 Å². The Bertz CT molecular complexity index is 1140. The first kappa shape index (κ1) is 23.3. The van der Waals surface area contributed by atoms with E-state index in [4.69, 9.17) is 9.47 Å². The van der Waals surface area contributed by atoms with Gasteiger partial charge in [-0.1, -0.05) is 29.8 Å². The van der Waals surface area contributed by atoms with E-state index in [9.17, 15) is 14.4 Å². The first-order valence-corrected chi connectivity index (χ1v) is 10.3. The summed E-state index contributed by atoms with van der Waals surface area (Å²) in [5, 5.41) is 2.78. The van der Waals surface area contributed by atoms with Gasteiger partial charge in [-0.25, -0.2) is 0 Å². The maximum atomic E-state index is 12.3. The average Bonchev–Trinajstić information content (AvgIpc) is 2.83. The largest absolute Gasteiger partial charge is 0.493 e. The lowest BCUT2D eigenvalue weighted by atomic mass is 10.1. The van der Waals surface area contributed by atoms with E-state index in [0.29, 0.717) is 28.3 Å². The second kappa shape index (κ2) is 10.8. The van der Waals surface area contributed by atoms with Crippen LogP contribution >= 0.6 is 0 Å². The number of hydrogen-bond acceptors (Lipinski definition) is 5. The molecule has 8 nitrogen and oxygen atoms in total. The molecule has 170 valence electrons. The Kier molecular flexibility index (Phi) is 7.64. The van der Waals surface area contributed by atoms with E-state index in [1.165, 1.54) is 7.11 Å². The Labute approximate surface area is 191 Å². The lowest BCUT2D eigenvalue weighted by Crippen LogP contribution is -2.47. The van der Waals surface area contributed by atoms with Crippen molar-refractivity contribution in [3.63, 3.8) is 0 Å². The normalized spacial score (nSPS) is 11.1. The molecule has 8 heteroatoms. The number of aryl methyl sites for hydroxylation is 1. The minimum atomic E-state index is -0.874. The number of nitrogens with one attached hydrogen (secondary N) is 3. The summed E-state index contributed by atoms with van der Waals surface area (Å²) in [5.74, 6) is -0.374. The Hall–Kier alpha value is -4.33. The third-order valence-corrected chi connectivity index (χ3v) is 4.73. The van der Waals surface area contributed by atoms with Crippen LogP contribution in [-0.2, 0) is 4.79 Å². The fourth-order valence-electron chi connectivity index (χ4n) is 2.95. The van der Waals surface area contributed by atoms with E-state index in [1.54, 1.807) is 67.6 Å². The van der Waals surface area contributed by atoms with Crippen molar-refractivity contribution >= 4 is 23.4 Å². The average molecular weight is 447 g/mol. The van der Waals surface area contributed by atoms with E-state index < -0.39 is 17.9 Å². The third kappa shape index (κ3) is 6.33. The molecule has 0 saturated heterocycles. The summed E-state index contributed by atoms with van der Waals surface area (Å²) in [7, 11) is 1.51. The summed E-state index contributed by atoms with van der Waals surface area (Å²) in [6.07, 6.45) is -0.874. The van der Waals surface area contributed by atoms with Crippen molar-refractivity contribution < 1.29 is 23.9 Å². The molecule has 0 aliphatic heterocycles. The molecule has 0 bridgehead atoms. The molecule has 3 aromatic rings. The second-order valence-electron chi connectivity index (χ2n) is 7.26. The van der Waals surface area contributed by atoms with Gasteiger partial charge in [0, 0.05) is 16.8 Å². The zero-order valence-electron chi connectivity index (χ0n) is 18.5. The highest BCUT2D eigenvalue weighted by Crippen LogP contribution is 2.26. The highest BCUT2D eigenvalue weighted by Gasteiger charge is 2.17. The van der Waals surface area contributed by atoms with Crippen molar-refractivity contribution in [3.05, 3.63) is 89.5 Å². The topological polar surface area (TPSA) is 106 Å². The number of rotatable bonds is 7. The Morgan fingerprint density at radius 1 is 0.788 bits per heavy atom. The lowest BCUT2D eigenvalue weighted by Gasteiger charge is -2.17. The molecular formula is C25H25N3O5. The molecule has 3 amide bonds. The van der Waals surface area contributed by atoms with Gasteiger partial charge in [0.05, 0.1) is 7.11 Å². The van der Waals surface area contributed by atoms with Crippen molar-refractivity contribution in [3.8, 4) is 11.5 Å². The summed E-state index contributed by atoms with van der Waals surface area (Å²) in [6.45, 7) is 3.47. The molecule has 33 heavy (non-hydrogen) atoms. The molecule has 1 atom stereocenters. The number of anilines is 1. The van der Waals surface area contributed by atoms with Crippen molar-refractivity contribution in [1.29, 1.82) is 0 Å². The second-order valence-corrected chi connectivity index (χ2v) is 7.26. The Morgan fingerprint density at radius 2 is 1.48 bits per heavy atom. The minimum absolute atomic E-state index is 0.243. The van der Waals surface area contributed by atoms with E-state index >= 15 is 0 Å². The summed E-state index contributed by atoms with van der Waals surface area (Å²) in [6, 6.07) is 20.5. The van der Waals surface area contributed by atoms with Gasteiger partial charge in [0.2, 0.25) is 0 Å². The van der Waals surface area contributed by atoms with Crippen LogP contribution < -0.4 is 25.6 Å².